The molecular formula is C18H17F5N2O2. The molecule has 0 bridgehead atoms. The van der Waals surface area contributed by atoms with Gasteiger partial charge in [-0.05, 0) is 36.9 Å². The average Bonchev–Trinajstić information content (AvgIpc) is 2.55. The molecule has 2 aromatic rings. The monoisotopic (exact) mass is 388 g/mol. The minimum absolute atomic E-state index is 0.0119. The van der Waals surface area contributed by atoms with Crippen molar-refractivity contribution in [2.24, 2.45) is 0 Å². The zero-order chi connectivity index (χ0) is 20.0. The molecule has 0 atom stereocenters. The number of alkyl halides is 5. The number of halogens is 5. The van der Waals surface area contributed by atoms with Crippen molar-refractivity contribution >= 4 is 11.6 Å². The Kier molecular flexibility index (Phi) is 6.73. The Hall–Kier alpha value is -2.68. The van der Waals surface area contributed by atoms with E-state index in [1.807, 2.05) is 0 Å². The fourth-order valence-electron chi connectivity index (χ4n) is 2.42. The van der Waals surface area contributed by atoms with E-state index >= 15 is 0 Å². The first-order chi connectivity index (χ1) is 12.6. The number of hydrogen-bond acceptors (Lipinski definition) is 3. The second-order valence-corrected chi connectivity index (χ2v) is 5.79. The zero-order valence-electron chi connectivity index (χ0n) is 14.3. The van der Waals surface area contributed by atoms with Crippen LogP contribution in [0.1, 0.15) is 11.1 Å². The summed E-state index contributed by atoms with van der Waals surface area (Å²) >= 11 is 0. The molecule has 0 radical (unpaired) electrons. The number of nitrogens with zero attached hydrogens (tertiary/aromatic N) is 1. The van der Waals surface area contributed by atoms with E-state index in [4.69, 9.17) is 0 Å². The molecule has 0 unspecified atom stereocenters. The van der Waals surface area contributed by atoms with E-state index in [0.29, 0.717) is 6.54 Å². The van der Waals surface area contributed by atoms with Gasteiger partial charge in [0.25, 0.3) is 0 Å². The molecule has 0 saturated heterocycles. The highest BCUT2D eigenvalue weighted by molar-refractivity contribution is 5.93. The lowest BCUT2D eigenvalue weighted by atomic mass is 10.1. The van der Waals surface area contributed by atoms with E-state index in [0.717, 1.165) is 11.6 Å². The summed E-state index contributed by atoms with van der Waals surface area (Å²) in [6, 6.07) is 10.6. The van der Waals surface area contributed by atoms with Gasteiger partial charge in [0.05, 0.1) is 17.8 Å². The van der Waals surface area contributed by atoms with E-state index in [9.17, 15) is 26.7 Å². The first-order valence-corrected chi connectivity index (χ1v) is 7.83. The highest BCUT2D eigenvalue weighted by Crippen LogP contribution is 2.34. The summed E-state index contributed by atoms with van der Waals surface area (Å²) in [4.78, 5) is 13.6. The maximum absolute atomic E-state index is 12.9. The maximum atomic E-state index is 12.9. The Morgan fingerprint density at radius 2 is 1.74 bits per heavy atom. The molecule has 0 spiro atoms. The third-order valence-corrected chi connectivity index (χ3v) is 3.52. The van der Waals surface area contributed by atoms with Gasteiger partial charge >= 0.3 is 12.8 Å². The molecule has 2 rings (SSSR count). The SMILES string of the molecule is CN(CC(=O)Nc1ccccc1C(F)(F)F)Cc1ccc(OC(F)F)cc1. The molecule has 2 aromatic carbocycles. The van der Waals surface area contributed by atoms with Crippen LogP contribution in [0.15, 0.2) is 48.5 Å². The van der Waals surface area contributed by atoms with Gasteiger partial charge in [-0.2, -0.15) is 22.0 Å². The van der Waals surface area contributed by atoms with Crippen LogP contribution in [-0.4, -0.2) is 31.0 Å². The number of rotatable bonds is 7. The van der Waals surface area contributed by atoms with Gasteiger partial charge in [-0.15, -0.1) is 0 Å². The Morgan fingerprint density at radius 1 is 1.11 bits per heavy atom. The second kappa shape index (κ2) is 8.81. The van der Waals surface area contributed by atoms with Crippen molar-refractivity contribution in [1.82, 2.24) is 4.90 Å². The number of benzene rings is 2. The Bertz CT molecular complexity index is 763. The summed E-state index contributed by atoms with van der Waals surface area (Å²) in [7, 11) is 1.61. The Balaban J connectivity index is 1.93. The van der Waals surface area contributed by atoms with Gasteiger partial charge in [-0.3, -0.25) is 9.69 Å². The molecule has 0 saturated carbocycles. The summed E-state index contributed by atoms with van der Waals surface area (Å²) < 4.78 is 67.3. The molecule has 0 heterocycles. The summed E-state index contributed by atoms with van der Waals surface area (Å²) in [5.41, 5.74) is -0.505. The zero-order valence-corrected chi connectivity index (χ0v) is 14.3. The van der Waals surface area contributed by atoms with E-state index in [1.54, 1.807) is 24.1 Å². The van der Waals surface area contributed by atoms with Gasteiger partial charge in [-0.1, -0.05) is 24.3 Å². The Morgan fingerprint density at radius 3 is 2.33 bits per heavy atom. The lowest BCUT2D eigenvalue weighted by Gasteiger charge is -2.18. The number of ether oxygens (including phenoxy) is 1. The second-order valence-electron chi connectivity index (χ2n) is 5.79. The van der Waals surface area contributed by atoms with Crippen LogP contribution in [0.3, 0.4) is 0 Å². The first-order valence-electron chi connectivity index (χ1n) is 7.83. The smallest absolute Gasteiger partial charge is 0.418 e. The normalized spacial score (nSPS) is 11.7. The number of hydrogen-bond donors (Lipinski definition) is 1. The molecule has 4 nitrogen and oxygen atoms in total. The highest BCUT2D eigenvalue weighted by Gasteiger charge is 2.33. The molecule has 9 heteroatoms. The van der Waals surface area contributed by atoms with Crippen molar-refractivity contribution in [3.8, 4) is 5.75 Å². The van der Waals surface area contributed by atoms with Crippen LogP contribution in [0, 0.1) is 0 Å². The number of carbonyl (C=O) groups is 1. The number of carbonyl (C=O) groups excluding carboxylic acids is 1. The van der Waals surface area contributed by atoms with Crippen LogP contribution in [-0.2, 0) is 17.5 Å². The minimum atomic E-state index is -4.57. The molecule has 27 heavy (non-hydrogen) atoms. The van der Waals surface area contributed by atoms with Gasteiger partial charge in [0.15, 0.2) is 0 Å². The first kappa shape index (κ1) is 20.6. The van der Waals surface area contributed by atoms with E-state index < -0.39 is 24.3 Å². The van der Waals surface area contributed by atoms with Gasteiger partial charge in [0.2, 0.25) is 5.91 Å². The molecule has 0 aliphatic rings. The van der Waals surface area contributed by atoms with Crippen LogP contribution in [0.5, 0.6) is 5.75 Å². The van der Waals surface area contributed by atoms with Crippen molar-refractivity contribution in [2.75, 3.05) is 18.9 Å². The van der Waals surface area contributed by atoms with Gasteiger partial charge in [0.1, 0.15) is 5.75 Å². The van der Waals surface area contributed by atoms with Crippen molar-refractivity contribution < 1.29 is 31.5 Å². The predicted molar refractivity (Wildman–Crippen MR) is 89.5 cm³/mol. The van der Waals surface area contributed by atoms with Crippen LogP contribution in [0.4, 0.5) is 27.6 Å². The van der Waals surface area contributed by atoms with E-state index in [1.165, 1.54) is 30.3 Å². The third-order valence-electron chi connectivity index (χ3n) is 3.52. The minimum Gasteiger partial charge on any atom is -0.435 e. The van der Waals surface area contributed by atoms with Gasteiger partial charge in [-0.25, -0.2) is 0 Å². The van der Waals surface area contributed by atoms with Crippen molar-refractivity contribution in [2.45, 2.75) is 19.3 Å². The van der Waals surface area contributed by atoms with Crippen molar-refractivity contribution in [3.63, 3.8) is 0 Å². The lowest BCUT2D eigenvalue weighted by Crippen LogP contribution is -2.30. The third kappa shape index (κ3) is 6.52. The summed E-state index contributed by atoms with van der Waals surface area (Å²) in [5, 5.41) is 2.26. The van der Waals surface area contributed by atoms with Crippen molar-refractivity contribution in [3.05, 3.63) is 59.7 Å². The molecule has 0 aromatic heterocycles. The maximum Gasteiger partial charge on any atom is 0.418 e. The fraction of sp³-hybridized carbons (Fsp3) is 0.278. The van der Waals surface area contributed by atoms with Gasteiger partial charge in [0, 0.05) is 6.54 Å². The molecule has 0 aliphatic heterocycles. The van der Waals surface area contributed by atoms with Crippen LogP contribution < -0.4 is 10.1 Å². The van der Waals surface area contributed by atoms with Crippen LogP contribution >= 0.6 is 0 Å². The number of amides is 1. The van der Waals surface area contributed by atoms with Crippen LogP contribution in [0.2, 0.25) is 0 Å². The number of nitrogens with one attached hydrogen (secondary N) is 1. The standard InChI is InChI=1S/C18H17F5N2O2/c1-25(10-12-6-8-13(9-7-12)27-17(19)20)11-16(26)24-15-5-3-2-4-14(15)18(21,22)23/h2-9,17H,10-11H2,1H3,(H,24,26). The molecule has 146 valence electrons. The molecule has 0 fully saturated rings. The number of likely N-dealkylation sites (N-methyl/N-ethyl adjacent to an activating group) is 1. The average molecular weight is 388 g/mol. The molecule has 1 amide bonds. The summed E-state index contributed by atoms with van der Waals surface area (Å²) in [6.07, 6.45) is -4.57. The predicted octanol–water partition coefficient (Wildman–Crippen LogP) is 4.38. The lowest BCUT2D eigenvalue weighted by molar-refractivity contribution is -0.137. The largest absolute Gasteiger partial charge is 0.435 e. The van der Waals surface area contributed by atoms with Crippen molar-refractivity contribution in [1.29, 1.82) is 0 Å². The number of para-hydroxylation sites is 1. The van der Waals surface area contributed by atoms with E-state index in [-0.39, 0.29) is 18.0 Å². The Labute approximate surface area is 152 Å². The molecular weight excluding hydrogens is 371 g/mol. The fourth-order valence-corrected chi connectivity index (χ4v) is 2.42. The van der Waals surface area contributed by atoms with Crippen LogP contribution in [0.25, 0.3) is 0 Å². The summed E-state index contributed by atoms with van der Waals surface area (Å²) in [6.45, 7) is -2.77. The summed E-state index contributed by atoms with van der Waals surface area (Å²) in [5.74, 6) is -0.593. The van der Waals surface area contributed by atoms with Gasteiger partial charge < -0.3 is 10.1 Å². The van der Waals surface area contributed by atoms with E-state index in [2.05, 4.69) is 10.1 Å². The quantitative estimate of drug-likeness (QED) is 0.716. The highest BCUT2D eigenvalue weighted by atomic mass is 19.4. The topological polar surface area (TPSA) is 41.6 Å². The molecule has 1 N–H and O–H groups in total. The molecule has 0 aliphatic carbocycles. The number of anilines is 1.